The van der Waals surface area contributed by atoms with Crippen molar-refractivity contribution in [1.82, 2.24) is 0 Å². The lowest BCUT2D eigenvalue weighted by molar-refractivity contribution is -0.384. The molecule has 0 unspecified atom stereocenters. The Labute approximate surface area is 161 Å². The van der Waals surface area contributed by atoms with Crippen molar-refractivity contribution in [3.05, 3.63) is 75.4 Å². The fourth-order valence-corrected chi connectivity index (χ4v) is 4.10. The van der Waals surface area contributed by atoms with Gasteiger partial charge in [-0.1, -0.05) is 24.3 Å². The number of nitrogens with zero attached hydrogens (tertiary/aromatic N) is 3. The molecule has 1 aliphatic carbocycles. The van der Waals surface area contributed by atoms with E-state index < -0.39 is 4.92 Å². The molecule has 0 saturated carbocycles. The number of hydrogen-bond donors (Lipinski definition) is 1. The van der Waals surface area contributed by atoms with Crippen molar-refractivity contribution in [3.8, 4) is 17.9 Å². The van der Waals surface area contributed by atoms with Crippen LogP contribution >= 0.6 is 0 Å². The average molecular weight is 372 g/mol. The maximum Gasteiger partial charge on any atom is 0.271 e. The van der Waals surface area contributed by atoms with Gasteiger partial charge < -0.3 is 10.1 Å². The molecule has 0 spiro atoms. The van der Waals surface area contributed by atoms with Crippen molar-refractivity contribution in [3.63, 3.8) is 0 Å². The number of nitrogens with one attached hydrogen (secondary N) is 1. The summed E-state index contributed by atoms with van der Waals surface area (Å²) >= 11 is 0. The molecule has 28 heavy (non-hydrogen) atoms. The minimum Gasteiger partial charge on any atom is -0.479 e. The Kier molecular flexibility index (Phi) is 4.42. The van der Waals surface area contributed by atoms with E-state index >= 15 is 0 Å². The third-order valence-electron chi connectivity index (χ3n) is 5.33. The summed E-state index contributed by atoms with van der Waals surface area (Å²) in [4.78, 5) is 10.8. The van der Waals surface area contributed by atoms with E-state index in [9.17, 15) is 15.4 Å². The summed E-state index contributed by atoms with van der Waals surface area (Å²) < 4.78 is 5.31. The minimum atomic E-state index is -0.457. The van der Waals surface area contributed by atoms with Gasteiger partial charge in [0.05, 0.1) is 22.2 Å². The highest BCUT2D eigenvalue weighted by Crippen LogP contribution is 2.51. The molecule has 2 aliphatic rings. The summed E-state index contributed by atoms with van der Waals surface area (Å²) in [7, 11) is 0. The summed E-state index contributed by atoms with van der Waals surface area (Å²) in [5.41, 5.74) is 2.72. The Morgan fingerprint density at radius 3 is 2.71 bits per heavy atom. The maximum atomic E-state index is 11.3. The van der Waals surface area contributed by atoms with Crippen molar-refractivity contribution < 1.29 is 9.66 Å². The molecule has 3 atom stereocenters. The van der Waals surface area contributed by atoms with Gasteiger partial charge in [0.25, 0.3) is 5.69 Å². The number of nitro groups is 1. The van der Waals surface area contributed by atoms with Gasteiger partial charge in [0.1, 0.15) is 17.9 Å². The Hall–Kier alpha value is -3.84. The SMILES string of the molecule is N#CCOc1ccc([C@@H]2Nc3c(C#N)cc([N+](=O)[O-])cc3[C@@H]3C=CC[C@@H]32)cc1. The molecule has 0 fully saturated rings. The number of rotatable bonds is 4. The number of hydrogen-bond acceptors (Lipinski definition) is 6. The molecule has 138 valence electrons. The lowest BCUT2D eigenvalue weighted by Crippen LogP contribution is -2.29. The predicted molar refractivity (Wildman–Crippen MR) is 102 cm³/mol. The molecule has 7 heteroatoms. The minimum absolute atomic E-state index is 0.00662. The lowest BCUT2D eigenvalue weighted by atomic mass is 9.76. The zero-order valence-electron chi connectivity index (χ0n) is 14.8. The summed E-state index contributed by atoms with van der Waals surface area (Å²) in [6.45, 7) is -0.00662. The molecule has 0 radical (unpaired) electrons. The van der Waals surface area contributed by atoms with Crippen LogP contribution in [0.4, 0.5) is 11.4 Å². The first kappa shape index (κ1) is 17.6. The zero-order chi connectivity index (χ0) is 19.7. The normalized spacial score (nSPS) is 21.6. The van der Waals surface area contributed by atoms with Gasteiger partial charge in [-0.25, -0.2) is 0 Å². The van der Waals surface area contributed by atoms with Crippen LogP contribution in [-0.4, -0.2) is 11.5 Å². The fraction of sp³-hybridized carbons (Fsp3) is 0.238. The predicted octanol–water partition coefficient (Wildman–Crippen LogP) is 4.20. The highest BCUT2D eigenvalue weighted by atomic mass is 16.6. The van der Waals surface area contributed by atoms with Crippen LogP contribution < -0.4 is 10.1 Å². The molecule has 1 aliphatic heterocycles. The van der Waals surface area contributed by atoms with Gasteiger partial charge in [0.2, 0.25) is 0 Å². The van der Waals surface area contributed by atoms with Crippen LogP contribution in [-0.2, 0) is 0 Å². The van der Waals surface area contributed by atoms with Crippen molar-refractivity contribution in [1.29, 1.82) is 10.5 Å². The molecule has 4 rings (SSSR count). The highest BCUT2D eigenvalue weighted by Gasteiger charge is 2.39. The van der Waals surface area contributed by atoms with E-state index in [4.69, 9.17) is 10.00 Å². The van der Waals surface area contributed by atoms with Crippen LogP contribution in [0.3, 0.4) is 0 Å². The first-order valence-corrected chi connectivity index (χ1v) is 8.87. The summed E-state index contributed by atoms with van der Waals surface area (Å²) in [5.74, 6) is 0.839. The van der Waals surface area contributed by atoms with E-state index in [2.05, 4.69) is 23.5 Å². The van der Waals surface area contributed by atoms with Gasteiger partial charge in [-0.3, -0.25) is 10.1 Å². The number of ether oxygens (including phenoxy) is 1. The number of non-ortho nitro benzene ring substituents is 1. The van der Waals surface area contributed by atoms with E-state index in [-0.39, 0.29) is 35.7 Å². The number of fused-ring (bicyclic) bond motifs is 3. The molecule has 0 aromatic heterocycles. The first-order valence-electron chi connectivity index (χ1n) is 8.87. The molecule has 0 saturated heterocycles. The van der Waals surface area contributed by atoms with Crippen LogP contribution in [0.15, 0.2) is 48.6 Å². The monoisotopic (exact) mass is 372 g/mol. The second kappa shape index (κ2) is 7.05. The van der Waals surface area contributed by atoms with Gasteiger partial charge in [0, 0.05) is 18.1 Å². The first-order chi connectivity index (χ1) is 13.6. The topological polar surface area (TPSA) is 112 Å². The van der Waals surface area contributed by atoms with Gasteiger partial charge in [0.15, 0.2) is 6.61 Å². The average Bonchev–Trinajstić information content (AvgIpc) is 3.21. The molecule has 0 amide bonds. The standard InChI is InChI=1S/C21H16N4O3/c22-8-9-28-16-6-4-13(5-7-16)20-18-3-1-2-17(18)19-11-15(25(26)27)10-14(12-23)21(19)24-20/h1-2,4-7,10-11,17-18,20,24H,3,9H2/t17-,18+,20+/m1/s1. The van der Waals surface area contributed by atoms with Crippen molar-refractivity contribution in [2.24, 2.45) is 5.92 Å². The number of nitriles is 2. The van der Waals surface area contributed by atoms with Crippen LogP contribution in [0.1, 0.15) is 35.1 Å². The van der Waals surface area contributed by atoms with Crippen LogP contribution in [0.25, 0.3) is 0 Å². The van der Waals surface area contributed by atoms with Gasteiger partial charge in [-0.15, -0.1) is 0 Å². The summed E-state index contributed by atoms with van der Waals surface area (Å²) in [6, 6.07) is 14.4. The maximum absolute atomic E-state index is 11.3. The molecule has 2 aromatic rings. The molecule has 1 N–H and O–H groups in total. The zero-order valence-corrected chi connectivity index (χ0v) is 14.8. The molecule has 1 heterocycles. The van der Waals surface area contributed by atoms with E-state index in [0.29, 0.717) is 11.4 Å². The second-order valence-corrected chi connectivity index (χ2v) is 6.82. The smallest absolute Gasteiger partial charge is 0.271 e. The third kappa shape index (κ3) is 2.93. The van der Waals surface area contributed by atoms with Gasteiger partial charge >= 0.3 is 0 Å². The molecule has 2 aromatic carbocycles. The number of nitro benzene ring substituents is 1. The van der Waals surface area contributed by atoms with E-state index in [1.54, 1.807) is 6.07 Å². The summed E-state index contributed by atoms with van der Waals surface area (Å²) in [6.07, 6.45) is 5.01. The molecular formula is C21H16N4O3. The van der Waals surface area contributed by atoms with Crippen molar-refractivity contribution in [2.75, 3.05) is 11.9 Å². The quantitative estimate of drug-likeness (QED) is 0.489. The van der Waals surface area contributed by atoms with Crippen molar-refractivity contribution >= 4 is 11.4 Å². The summed E-state index contributed by atoms with van der Waals surface area (Å²) in [5, 5.41) is 32.9. The van der Waals surface area contributed by atoms with Crippen LogP contribution in [0, 0.1) is 38.7 Å². The Balaban J connectivity index is 1.73. The number of allylic oxidation sites excluding steroid dienone is 2. The van der Waals surface area contributed by atoms with Gasteiger partial charge in [-0.2, -0.15) is 10.5 Å². The fourth-order valence-electron chi connectivity index (χ4n) is 4.10. The van der Waals surface area contributed by atoms with E-state index in [1.165, 1.54) is 6.07 Å². The number of benzene rings is 2. The van der Waals surface area contributed by atoms with Crippen LogP contribution in [0.5, 0.6) is 5.75 Å². The van der Waals surface area contributed by atoms with E-state index in [1.807, 2.05) is 30.3 Å². The van der Waals surface area contributed by atoms with Crippen molar-refractivity contribution in [2.45, 2.75) is 18.4 Å². The Bertz CT molecular complexity index is 1050. The third-order valence-corrected chi connectivity index (χ3v) is 5.33. The molecule has 0 bridgehead atoms. The largest absolute Gasteiger partial charge is 0.479 e. The highest BCUT2D eigenvalue weighted by molar-refractivity contribution is 5.71. The molecular weight excluding hydrogens is 356 g/mol. The number of anilines is 1. The molecule has 7 nitrogen and oxygen atoms in total. The Morgan fingerprint density at radius 1 is 1.25 bits per heavy atom. The van der Waals surface area contributed by atoms with Gasteiger partial charge in [-0.05, 0) is 35.6 Å². The van der Waals surface area contributed by atoms with E-state index in [0.717, 1.165) is 17.5 Å². The Morgan fingerprint density at radius 2 is 2.04 bits per heavy atom. The van der Waals surface area contributed by atoms with Crippen LogP contribution in [0.2, 0.25) is 0 Å². The second-order valence-electron chi connectivity index (χ2n) is 6.82. The lowest BCUT2D eigenvalue weighted by Gasteiger charge is -2.37.